The van der Waals surface area contributed by atoms with E-state index in [1.807, 2.05) is 0 Å². The van der Waals surface area contributed by atoms with Gasteiger partial charge in [-0.3, -0.25) is 19.0 Å². The first-order valence-electron chi connectivity index (χ1n) is 9.49. The number of hydrogen-bond acceptors (Lipinski definition) is 6. The number of hydrogen-bond donors (Lipinski definition) is 2. The number of nitrogens with zero attached hydrogens (tertiary/aromatic N) is 2. The molecule has 0 fully saturated rings. The molecule has 1 aliphatic carbocycles. The predicted molar refractivity (Wildman–Crippen MR) is 116 cm³/mol. The maximum absolute atomic E-state index is 13.2. The summed E-state index contributed by atoms with van der Waals surface area (Å²) in [6.45, 7) is -0.332. The van der Waals surface area contributed by atoms with Crippen molar-refractivity contribution in [1.82, 2.24) is 14.9 Å². The molecule has 7 nitrogen and oxygen atoms in total. The van der Waals surface area contributed by atoms with Crippen LogP contribution in [0.1, 0.15) is 16.9 Å². The van der Waals surface area contributed by atoms with Crippen LogP contribution in [-0.2, 0) is 29.5 Å². The summed E-state index contributed by atoms with van der Waals surface area (Å²) < 4.78 is 27.6. The molecule has 162 valence electrons. The van der Waals surface area contributed by atoms with Crippen molar-refractivity contribution in [2.45, 2.75) is 24.4 Å². The smallest absolute Gasteiger partial charge is 0.262 e. The number of halogens is 2. The van der Waals surface area contributed by atoms with Crippen molar-refractivity contribution in [2.24, 2.45) is 7.05 Å². The summed E-state index contributed by atoms with van der Waals surface area (Å²) in [5.74, 6) is -3.13. The lowest BCUT2D eigenvalue weighted by molar-refractivity contribution is -0.122. The van der Waals surface area contributed by atoms with Crippen molar-refractivity contribution in [2.75, 3.05) is 17.6 Å². The number of carbonyl (C=O) groups excluding carboxylic acids is 2. The second-order valence-corrected chi connectivity index (χ2v) is 9.06. The Kier molecular flexibility index (Phi) is 6.05. The molecule has 0 saturated carbocycles. The van der Waals surface area contributed by atoms with Gasteiger partial charge in [0.1, 0.15) is 4.83 Å². The van der Waals surface area contributed by atoms with E-state index >= 15 is 0 Å². The lowest BCUT2D eigenvalue weighted by Gasteiger charge is -2.09. The molecule has 4 rings (SSSR count). The van der Waals surface area contributed by atoms with Gasteiger partial charge in [0, 0.05) is 23.7 Å². The molecule has 2 amide bonds. The van der Waals surface area contributed by atoms with Gasteiger partial charge in [-0.25, -0.2) is 13.8 Å². The minimum Gasteiger partial charge on any atom is -0.346 e. The van der Waals surface area contributed by atoms with Crippen molar-refractivity contribution in [1.29, 1.82) is 0 Å². The first-order valence-corrected chi connectivity index (χ1v) is 11.3. The number of aromatic nitrogens is 2. The van der Waals surface area contributed by atoms with Crippen LogP contribution in [0.4, 0.5) is 14.5 Å². The normalized spacial score (nSPS) is 12.7. The van der Waals surface area contributed by atoms with Gasteiger partial charge in [0.05, 0.1) is 17.7 Å². The second-order valence-electron chi connectivity index (χ2n) is 7.04. The van der Waals surface area contributed by atoms with Crippen LogP contribution < -0.4 is 16.2 Å². The average Bonchev–Trinajstić information content (AvgIpc) is 3.31. The van der Waals surface area contributed by atoms with E-state index in [0.717, 1.165) is 48.7 Å². The Balaban J connectivity index is 1.34. The number of fused-ring (bicyclic) bond motifs is 3. The number of thiophene rings is 1. The standard InChI is InChI=1S/C20H18F2N4O3S2/c1-26-19(29)17-11-3-2-4-14(11)31-18(17)25-20(26)30-9-16(28)23-8-15(27)24-10-5-6-12(21)13(22)7-10/h5-7H,2-4,8-9H2,1H3,(H,23,28)(H,24,27). The number of thioether (sulfide) groups is 1. The zero-order chi connectivity index (χ0) is 22.1. The molecule has 0 aliphatic heterocycles. The van der Waals surface area contributed by atoms with Crippen LogP contribution >= 0.6 is 23.1 Å². The van der Waals surface area contributed by atoms with Gasteiger partial charge in [0.2, 0.25) is 11.8 Å². The molecule has 2 heterocycles. The SMILES string of the molecule is Cn1c(SCC(=O)NCC(=O)Nc2ccc(F)c(F)c2)nc2sc3c(c2c1=O)CCC3. The van der Waals surface area contributed by atoms with Crippen molar-refractivity contribution in [3.05, 3.63) is 50.6 Å². The molecular weight excluding hydrogens is 446 g/mol. The fourth-order valence-corrected chi connectivity index (χ4v) is 5.48. The predicted octanol–water partition coefficient (Wildman–Crippen LogP) is 2.61. The van der Waals surface area contributed by atoms with Gasteiger partial charge in [-0.2, -0.15) is 0 Å². The Morgan fingerprint density at radius 3 is 2.81 bits per heavy atom. The molecule has 0 unspecified atom stereocenters. The van der Waals surface area contributed by atoms with Gasteiger partial charge in [-0.15, -0.1) is 11.3 Å². The van der Waals surface area contributed by atoms with Gasteiger partial charge in [-0.1, -0.05) is 11.8 Å². The van der Waals surface area contributed by atoms with E-state index in [0.29, 0.717) is 15.4 Å². The van der Waals surface area contributed by atoms with Gasteiger partial charge >= 0.3 is 0 Å². The Morgan fingerprint density at radius 2 is 2.03 bits per heavy atom. The monoisotopic (exact) mass is 464 g/mol. The Morgan fingerprint density at radius 1 is 1.23 bits per heavy atom. The lowest BCUT2D eigenvalue weighted by Crippen LogP contribution is -2.34. The van der Waals surface area contributed by atoms with Crippen LogP contribution in [0.2, 0.25) is 0 Å². The number of nitrogens with one attached hydrogen (secondary N) is 2. The van der Waals surface area contributed by atoms with Crippen LogP contribution in [0.25, 0.3) is 10.2 Å². The summed E-state index contributed by atoms with van der Waals surface area (Å²) in [7, 11) is 1.63. The second kappa shape index (κ2) is 8.75. The first-order chi connectivity index (χ1) is 14.8. The Hall–Kier alpha value is -2.79. The van der Waals surface area contributed by atoms with Crippen LogP contribution in [-0.4, -0.2) is 33.7 Å². The summed E-state index contributed by atoms with van der Waals surface area (Å²) in [6.07, 6.45) is 2.92. The van der Waals surface area contributed by atoms with E-state index in [-0.39, 0.29) is 23.5 Å². The molecule has 0 radical (unpaired) electrons. The molecule has 0 saturated heterocycles. The third-order valence-electron chi connectivity index (χ3n) is 4.89. The number of anilines is 1. The third-order valence-corrected chi connectivity index (χ3v) is 7.10. The van der Waals surface area contributed by atoms with Crippen LogP contribution in [0.5, 0.6) is 0 Å². The molecule has 31 heavy (non-hydrogen) atoms. The zero-order valence-electron chi connectivity index (χ0n) is 16.5. The van der Waals surface area contributed by atoms with Gasteiger partial charge in [-0.05, 0) is 37.0 Å². The highest BCUT2D eigenvalue weighted by Crippen LogP contribution is 2.35. The number of amides is 2. The van der Waals surface area contributed by atoms with Gasteiger partial charge in [0.15, 0.2) is 16.8 Å². The van der Waals surface area contributed by atoms with E-state index in [4.69, 9.17) is 0 Å². The molecule has 1 aliphatic rings. The lowest BCUT2D eigenvalue weighted by atomic mass is 10.2. The van der Waals surface area contributed by atoms with E-state index < -0.39 is 23.4 Å². The van der Waals surface area contributed by atoms with Crippen LogP contribution in [0, 0.1) is 11.6 Å². The maximum Gasteiger partial charge on any atom is 0.262 e. The summed E-state index contributed by atoms with van der Waals surface area (Å²) in [6, 6.07) is 2.97. The van der Waals surface area contributed by atoms with Gasteiger partial charge in [0.25, 0.3) is 5.56 Å². The zero-order valence-corrected chi connectivity index (χ0v) is 18.1. The average molecular weight is 465 g/mol. The minimum atomic E-state index is -1.08. The molecule has 11 heteroatoms. The summed E-state index contributed by atoms with van der Waals surface area (Å²) in [5, 5.41) is 5.93. The minimum absolute atomic E-state index is 0.0324. The fourth-order valence-electron chi connectivity index (χ4n) is 3.37. The molecule has 2 aromatic heterocycles. The largest absolute Gasteiger partial charge is 0.346 e. The molecule has 1 aromatic carbocycles. The highest BCUT2D eigenvalue weighted by molar-refractivity contribution is 7.99. The van der Waals surface area contributed by atoms with Crippen molar-refractivity contribution >= 4 is 50.8 Å². The van der Waals surface area contributed by atoms with E-state index in [1.54, 1.807) is 7.05 Å². The van der Waals surface area contributed by atoms with Gasteiger partial charge < -0.3 is 10.6 Å². The molecule has 3 aromatic rings. The first kappa shape index (κ1) is 21.4. The van der Waals surface area contributed by atoms with Crippen molar-refractivity contribution < 1.29 is 18.4 Å². The number of benzene rings is 1. The summed E-state index contributed by atoms with van der Waals surface area (Å²) in [5.41, 5.74) is 1.08. The topological polar surface area (TPSA) is 93.1 Å². The molecule has 0 bridgehead atoms. The summed E-state index contributed by atoms with van der Waals surface area (Å²) in [4.78, 5) is 43.2. The Bertz CT molecular complexity index is 1260. The molecule has 0 atom stereocenters. The van der Waals surface area contributed by atoms with E-state index in [9.17, 15) is 23.2 Å². The number of carbonyl (C=O) groups is 2. The summed E-state index contributed by atoms with van der Waals surface area (Å²) >= 11 is 2.64. The molecule has 2 N–H and O–H groups in total. The number of aryl methyl sites for hydroxylation is 2. The molecule has 0 spiro atoms. The Labute approximate surface area is 183 Å². The quantitative estimate of drug-likeness (QED) is 0.432. The van der Waals surface area contributed by atoms with Crippen LogP contribution in [0.15, 0.2) is 28.2 Å². The van der Waals surface area contributed by atoms with E-state index in [2.05, 4.69) is 15.6 Å². The molecular formula is C20H18F2N4O3S2. The maximum atomic E-state index is 13.2. The fraction of sp³-hybridized carbons (Fsp3) is 0.300. The van der Waals surface area contributed by atoms with Crippen LogP contribution in [0.3, 0.4) is 0 Å². The number of rotatable bonds is 6. The van der Waals surface area contributed by atoms with E-state index in [1.165, 1.54) is 26.8 Å². The highest BCUT2D eigenvalue weighted by Gasteiger charge is 2.22. The highest BCUT2D eigenvalue weighted by atomic mass is 32.2. The van der Waals surface area contributed by atoms with Crippen molar-refractivity contribution in [3.8, 4) is 0 Å². The van der Waals surface area contributed by atoms with Crippen molar-refractivity contribution in [3.63, 3.8) is 0 Å². The third kappa shape index (κ3) is 4.47.